The Morgan fingerprint density at radius 1 is 1.20 bits per heavy atom. The third kappa shape index (κ3) is 4.85. The van der Waals surface area contributed by atoms with Gasteiger partial charge in [0.25, 0.3) is 0 Å². The number of halogens is 5. The lowest BCUT2D eigenvalue weighted by Gasteiger charge is -2.40. The smallest absolute Gasteiger partial charge is 0.379 e. The van der Waals surface area contributed by atoms with Crippen LogP contribution in [0.4, 0.5) is 27.8 Å². The molecular weight excluding hydrogens is 555 g/mol. The Kier molecular flexibility index (Phi) is 7.38. The van der Waals surface area contributed by atoms with Gasteiger partial charge in [-0.1, -0.05) is 6.58 Å². The highest BCUT2D eigenvalue weighted by molar-refractivity contribution is 7.99. The molecule has 1 saturated heterocycles. The highest BCUT2D eigenvalue weighted by Gasteiger charge is 2.39. The summed E-state index contributed by atoms with van der Waals surface area (Å²) in [7, 11) is 1.43. The summed E-state index contributed by atoms with van der Waals surface area (Å²) in [6, 6.07) is 2.89. The van der Waals surface area contributed by atoms with Gasteiger partial charge >= 0.3 is 11.9 Å². The van der Waals surface area contributed by atoms with Crippen molar-refractivity contribution in [3.05, 3.63) is 64.6 Å². The molecule has 0 N–H and O–H groups in total. The zero-order chi connectivity index (χ0) is 28.9. The van der Waals surface area contributed by atoms with Gasteiger partial charge in [0.1, 0.15) is 17.5 Å². The van der Waals surface area contributed by atoms with Crippen LogP contribution in [0, 0.1) is 11.6 Å². The molecule has 0 radical (unpaired) electrons. The highest BCUT2D eigenvalue weighted by Crippen LogP contribution is 2.49. The molecule has 0 bridgehead atoms. The van der Waals surface area contributed by atoms with Crippen molar-refractivity contribution in [2.75, 3.05) is 37.4 Å². The molecule has 2 atom stereocenters. The van der Waals surface area contributed by atoms with E-state index >= 15 is 4.39 Å². The Labute approximate surface area is 230 Å². The number of amides is 1. The lowest BCUT2D eigenvalue weighted by atomic mass is 9.95. The molecule has 7 nitrogen and oxygen atoms in total. The summed E-state index contributed by atoms with van der Waals surface area (Å²) in [6.45, 7) is 6.01. The number of ether oxygens (including phenoxy) is 1. The van der Waals surface area contributed by atoms with Crippen LogP contribution >= 0.6 is 11.8 Å². The van der Waals surface area contributed by atoms with Gasteiger partial charge < -0.3 is 14.5 Å². The molecule has 1 aromatic heterocycles. The van der Waals surface area contributed by atoms with Gasteiger partial charge in [-0.25, -0.2) is 13.6 Å². The number of nitrogens with zero attached hydrogens (tertiary/aromatic N) is 4. The number of piperazine rings is 1. The SMILES string of the molecule is C=CC(=O)N1CCN(c2nc(=O)n3c4c(c(-c5ccc(F)cc5F)c(C(F)(F)F)cc24)SC[C@@H](OC)C3)[C@@H](C)C1. The van der Waals surface area contributed by atoms with Gasteiger partial charge in [0.15, 0.2) is 0 Å². The normalized spacial score (nSPS) is 19.6. The topological polar surface area (TPSA) is 67.7 Å². The molecule has 0 unspecified atom stereocenters. The number of carbonyl (C=O) groups excluding carboxylic acids is 1. The first-order chi connectivity index (χ1) is 18.9. The van der Waals surface area contributed by atoms with Gasteiger partial charge in [-0.05, 0) is 31.2 Å². The molecule has 3 heterocycles. The number of anilines is 1. The number of methoxy groups -OCH3 is 1. The molecule has 0 saturated carbocycles. The van der Waals surface area contributed by atoms with Crippen LogP contribution in [0.1, 0.15) is 12.5 Å². The third-order valence-electron chi connectivity index (χ3n) is 7.22. The third-order valence-corrected chi connectivity index (χ3v) is 8.45. The van der Waals surface area contributed by atoms with Gasteiger partial charge in [0, 0.05) is 66.0 Å². The summed E-state index contributed by atoms with van der Waals surface area (Å²) in [4.78, 5) is 33.1. The summed E-state index contributed by atoms with van der Waals surface area (Å²) in [5.41, 5.74) is -2.57. The summed E-state index contributed by atoms with van der Waals surface area (Å²) < 4.78 is 79.5. The van der Waals surface area contributed by atoms with Crippen LogP contribution in [0.3, 0.4) is 0 Å². The zero-order valence-corrected chi connectivity index (χ0v) is 22.4. The Hall–Kier alpha value is -3.45. The van der Waals surface area contributed by atoms with E-state index in [1.54, 1.807) is 16.7 Å². The van der Waals surface area contributed by atoms with Crippen LogP contribution in [0.25, 0.3) is 22.0 Å². The van der Waals surface area contributed by atoms with Crippen molar-refractivity contribution in [1.29, 1.82) is 0 Å². The fourth-order valence-corrected chi connectivity index (χ4v) is 6.60. The lowest BCUT2D eigenvalue weighted by Crippen LogP contribution is -2.54. The molecule has 212 valence electrons. The predicted molar refractivity (Wildman–Crippen MR) is 141 cm³/mol. The fraction of sp³-hybridized carbons (Fsp3) is 0.370. The van der Waals surface area contributed by atoms with Gasteiger partial charge in [0.05, 0.1) is 23.7 Å². The minimum absolute atomic E-state index is 0.0208. The molecule has 2 aliphatic rings. The minimum Gasteiger partial charge on any atom is -0.379 e. The number of thioether (sulfide) groups is 1. The molecule has 13 heteroatoms. The predicted octanol–water partition coefficient (Wildman–Crippen LogP) is 4.70. The van der Waals surface area contributed by atoms with Crippen LogP contribution in [-0.4, -0.2) is 65.0 Å². The van der Waals surface area contributed by atoms with Gasteiger partial charge in [0.2, 0.25) is 5.91 Å². The Balaban J connectivity index is 1.84. The van der Waals surface area contributed by atoms with Gasteiger partial charge in [-0.15, -0.1) is 11.8 Å². The molecule has 2 aromatic carbocycles. The quantitative estimate of drug-likeness (QED) is 0.329. The molecule has 40 heavy (non-hydrogen) atoms. The van der Waals surface area contributed by atoms with E-state index in [4.69, 9.17) is 4.74 Å². The first kappa shape index (κ1) is 28.1. The second kappa shape index (κ2) is 10.5. The average molecular weight is 581 g/mol. The number of carbonyl (C=O) groups is 1. The summed E-state index contributed by atoms with van der Waals surface area (Å²) in [5.74, 6) is -2.14. The van der Waals surface area contributed by atoms with E-state index in [9.17, 15) is 27.2 Å². The largest absolute Gasteiger partial charge is 0.417 e. The van der Waals surface area contributed by atoms with Crippen molar-refractivity contribution >= 4 is 34.4 Å². The molecule has 1 amide bonds. The summed E-state index contributed by atoms with van der Waals surface area (Å²) in [6.07, 6.45) is -4.28. The van der Waals surface area contributed by atoms with Crippen molar-refractivity contribution in [2.45, 2.75) is 36.7 Å². The molecular formula is C27H25F5N4O3S. The van der Waals surface area contributed by atoms with Crippen LogP contribution in [0.15, 0.2) is 46.6 Å². The average Bonchev–Trinajstić information content (AvgIpc) is 3.10. The molecule has 0 spiro atoms. The van der Waals surface area contributed by atoms with E-state index in [1.165, 1.54) is 17.8 Å². The number of benzene rings is 2. The van der Waals surface area contributed by atoms with Crippen molar-refractivity contribution in [3.63, 3.8) is 0 Å². The maximum atomic E-state index is 15.0. The summed E-state index contributed by atoms with van der Waals surface area (Å²) in [5, 5.41) is 0.0628. The van der Waals surface area contributed by atoms with Crippen LogP contribution in [0.2, 0.25) is 0 Å². The van der Waals surface area contributed by atoms with E-state index in [0.29, 0.717) is 6.07 Å². The highest BCUT2D eigenvalue weighted by atomic mass is 32.2. The number of hydrogen-bond donors (Lipinski definition) is 0. The monoisotopic (exact) mass is 580 g/mol. The van der Waals surface area contributed by atoms with E-state index in [1.807, 2.05) is 0 Å². The molecule has 2 aliphatic heterocycles. The van der Waals surface area contributed by atoms with Crippen LogP contribution < -0.4 is 10.6 Å². The fourth-order valence-electron chi connectivity index (χ4n) is 5.28. The van der Waals surface area contributed by atoms with E-state index in [0.717, 1.165) is 30.0 Å². The molecule has 0 aliphatic carbocycles. The Morgan fingerprint density at radius 2 is 1.95 bits per heavy atom. The molecule has 1 fully saturated rings. The van der Waals surface area contributed by atoms with Gasteiger partial charge in [-0.2, -0.15) is 18.2 Å². The Bertz CT molecular complexity index is 1570. The van der Waals surface area contributed by atoms with Gasteiger partial charge in [-0.3, -0.25) is 9.36 Å². The van der Waals surface area contributed by atoms with Crippen molar-refractivity contribution < 1.29 is 31.5 Å². The first-order valence-electron chi connectivity index (χ1n) is 12.4. The minimum atomic E-state index is -4.92. The number of hydrogen-bond acceptors (Lipinski definition) is 6. The van der Waals surface area contributed by atoms with Crippen LogP contribution in [-0.2, 0) is 22.3 Å². The summed E-state index contributed by atoms with van der Waals surface area (Å²) >= 11 is 1.02. The van der Waals surface area contributed by atoms with Crippen LogP contribution in [0.5, 0.6) is 0 Å². The number of rotatable bonds is 4. The van der Waals surface area contributed by atoms with Crippen molar-refractivity contribution in [1.82, 2.24) is 14.5 Å². The standard InChI is InChI=1S/C27H25F5N4O3S/c1-4-21(37)34-7-8-35(14(2)11-34)25-18-10-19(27(30,31)32)22(17-6-5-15(28)9-20(17)29)24-23(18)36(26(38)33-25)12-16(39-3)13-40-24/h4-6,9-10,14,16H,1,7-8,11-13H2,2-3H3/t14-,16-/m0/s1. The van der Waals surface area contributed by atoms with E-state index in [-0.39, 0.29) is 65.5 Å². The lowest BCUT2D eigenvalue weighted by molar-refractivity contribution is -0.137. The first-order valence-corrected chi connectivity index (χ1v) is 13.4. The number of aromatic nitrogens is 2. The zero-order valence-electron chi connectivity index (χ0n) is 21.6. The Morgan fingerprint density at radius 3 is 2.58 bits per heavy atom. The van der Waals surface area contributed by atoms with Crippen molar-refractivity contribution in [2.24, 2.45) is 0 Å². The second-order valence-electron chi connectivity index (χ2n) is 9.67. The second-order valence-corrected chi connectivity index (χ2v) is 10.7. The number of alkyl halides is 3. The molecule has 5 rings (SSSR count). The van der Waals surface area contributed by atoms with Crippen molar-refractivity contribution in [3.8, 4) is 11.1 Å². The maximum absolute atomic E-state index is 15.0. The maximum Gasteiger partial charge on any atom is 0.417 e. The molecule has 3 aromatic rings. The van der Waals surface area contributed by atoms with E-state index < -0.39 is 46.3 Å². The van der Waals surface area contributed by atoms with E-state index in [2.05, 4.69) is 11.6 Å².